The van der Waals surface area contributed by atoms with E-state index in [1.165, 1.54) is 0 Å². The Morgan fingerprint density at radius 2 is 1.58 bits per heavy atom. The molecule has 0 aliphatic rings. The minimum Gasteiger partial charge on any atom is -0.490 e. The largest absolute Gasteiger partial charge is 0.490 e. The molecule has 4 nitrogen and oxygen atoms in total. The molecule has 0 aliphatic carbocycles. The van der Waals surface area contributed by atoms with Crippen molar-refractivity contribution in [1.82, 2.24) is 0 Å². The first-order chi connectivity index (χ1) is 14.9. The van der Waals surface area contributed by atoms with E-state index in [2.05, 4.69) is 0 Å². The third-order valence-electron chi connectivity index (χ3n) is 5.02. The smallest absolute Gasteiger partial charge is 0.235 e. The molecule has 3 aromatic carbocycles. The summed E-state index contributed by atoms with van der Waals surface area (Å²) in [7, 11) is 0. The molecule has 158 valence electrons. The fraction of sp³-hybridized carbons (Fsp3) is 0.192. The van der Waals surface area contributed by atoms with Gasteiger partial charge in [-0.3, -0.25) is 4.79 Å². The zero-order chi connectivity index (χ0) is 22.0. The molecule has 0 N–H and O–H groups in total. The molecule has 0 saturated heterocycles. The van der Waals surface area contributed by atoms with E-state index in [-0.39, 0.29) is 24.4 Å². The second-order valence-electron chi connectivity index (χ2n) is 7.54. The topological polar surface area (TPSA) is 48.7 Å². The third-order valence-corrected chi connectivity index (χ3v) is 5.35. The predicted molar refractivity (Wildman–Crippen MR) is 125 cm³/mol. The second kappa shape index (κ2) is 8.86. The highest BCUT2D eigenvalue weighted by Gasteiger charge is 2.20. The molecule has 1 heterocycles. The molecule has 0 spiro atoms. The van der Waals surface area contributed by atoms with Crippen molar-refractivity contribution in [2.45, 2.75) is 20.8 Å². The summed E-state index contributed by atoms with van der Waals surface area (Å²) in [5.41, 5.74) is 3.95. The SMILES string of the molecule is Cc1ccc(OCCOc2c(-c3ccccc3Cl)oc3c(C)cc(C)cc3c2=O)cc1. The van der Waals surface area contributed by atoms with Gasteiger partial charge in [0.1, 0.15) is 24.5 Å². The lowest BCUT2D eigenvalue weighted by Crippen LogP contribution is -2.15. The number of halogens is 1. The van der Waals surface area contributed by atoms with Gasteiger partial charge in [0, 0.05) is 5.56 Å². The van der Waals surface area contributed by atoms with Crippen LogP contribution in [0.5, 0.6) is 11.5 Å². The predicted octanol–water partition coefficient (Wildman–Crippen LogP) is 6.50. The number of hydrogen-bond acceptors (Lipinski definition) is 4. The van der Waals surface area contributed by atoms with Crippen LogP contribution < -0.4 is 14.9 Å². The summed E-state index contributed by atoms with van der Waals surface area (Å²) < 4.78 is 17.9. The summed E-state index contributed by atoms with van der Waals surface area (Å²) in [5, 5.41) is 0.971. The van der Waals surface area contributed by atoms with Crippen LogP contribution in [-0.4, -0.2) is 13.2 Å². The van der Waals surface area contributed by atoms with Crippen LogP contribution in [0.2, 0.25) is 5.02 Å². The molecule has 0 bridgehead atoms. The molecular weight excluding hydrogens is 412 g/mol. The maximum Gasteiger partial charge on any atom is 0.235 e. The molecule has 4 aromatic rings. The van der Waals surface area contributed by atoms with Crippen molar-refractivity contribution in [3.63, 3.8) is 0 Å². The standard InChI is InChI=1S/C26H23ClO4/c1-16-8-10-19(11-9-16)29-12-13-30-26-23(28)21-15-17(2)14-18(3)24(21)31-25(26)20-6-4-5-7-22(20)27/h4-11,14-15H,12-13H2,1-3H3. The van der Waals surface area contributed by atoms with Gasteiger partial charge in [0.25, 0.3) is 0 Å². The molecule has 4 rings (SSSR count). The maximum atomic E-state index is 13.4. The summed E-state index contributed by atoms with van der Waals surface area (Å²) >= 11 is 6.41. The van der Waals surface area contributed by atoms with E-state index in [1.54, 1.807) is 6.07 Å². The second-order valence-corrected chi connectivity index (χ2v) is 7.94. The van der Waals surface area contributed by atoms with E-state index in [0.29, 0.717) is 27.3 Å². The fourth-order valence-electron chi connectivity index (χ4n) is 3.52. The molecule has 0 unspecified atom stereocenters. The molecule has 0 fully saturated rings. The summed E-state index contributed by atoms with van der Waals surface area (Å²) in [5.74, 6) is 1.21. The van der Waals surface area contributed by atoms with Gasteiger partial charge in [0.2, 0.25) is 11.2 Å². The Labute approximate surface area is 186 Å². The normalized spacial score (nSPS) is 11.0. The van der Waals surface area contributed by atoms with E-state index in [1.807, 2.05) is 75.4 Å². The zero-order valence-electron chi connectivity index (χ0n) is 17.7. The van der Waals surface area contributed by atoms with Crippen molar-refractivity contribution in [3.8, 4) is 22.8 Å². The number of rotatable bonds is 6. The van der Waals surface area contributed by atoms with Crippen molar-refractivity contribution < 1.29 is 13.9 Å². The van der Waals surface area contributed by atoms with Crippen molar-refractivity contribution in [2.24, 2.45) is 0 Å². The third kappa shape index (κ3) is 4.44. The van der Waals surface area contributed by atoms with E-state index < -0.39 is 0 Å². The van der Waals surface area contributed by atoms with E-state index in [0.717, 1.165) is 22.4 Å². The summed E-state index contributed by atoms with van der Waals surface area (Å²) in [6.45, 7) is 6.36. The molecule has 5 heteroatoms. The van der Waals surface area contributed by atoms with Gasteiger partial charge in [-0.15, -0.1) is 0 Å². The van der Waals surface area contributed by atoms with Crippen LogP contribution in [0.1, 0.15) is 16.7 Å². The van der Waals surface area contributed by atoms with Crippen molar-refractivity contribution >= 4 is 22.6 Å². The first kappa shape index (κ1) is 21.0. The lowest BCUT2D eigenvalue weighted by molar-refractivity contribution is 0.214. The molecule has 0 atom stereocenters. The van der Waals surface area contributed by atoms with Crippen LogP contribution >= 0.6 is 11.6 Å². The Morgan fingerprint density at radius 1 is 0.871 bits per heavy atom. The zero-order valence-corrected chi connectivity index (χ0v) is 18.5. The molecule has 0 aliphatic heterocycles. The number of fused-ring (bicyclic) bond motifs is 1. The van der Waals surface area contributed by atoms with Crippen molar-refractivity contribution in [3.05, 3.63) is 92.6 Å². The minimum absolute atomic E-state index is 0.137. The van der Waals surface area contributed by atoms with Crippen molar-refractivity contribution in [1.29, 1.82) is 0 Å². The van der Waals surface area contributed by atoms with Crippen molar-refractivity contribution in [2.75, 3.05) is 13.2 Å². The number of hydrogen-bond donors (Lipinski definition) is 0. The van der Waals surface area contributed by atoms with Gasteiger partial charge in [-0.1, -0.05) is 47.5 Å². The number of aryl methyl sites for hydroxylation is 3. The van der Waals surface area contributed by atoms with Crippen LogP contribution in [0.3, 0.4) is 0 Å². The first-order valence-corrected chi connectivity index (χ1v) is 10.5. The highest BCUT2D eigenvalue weighted by Crippen LogP contribution is 2.36. The van der Waals surface area contributed by atoms with Crippen LogP contribution in [0.15, 0.2) is 69.9 Å². The lowest BCUT2D eigenvalue weighted by atomic mass is 10.1. The minimum atomic E-state index is -0.224. The monoisotopic (exact) mass is 434 g/mol. The van der Waals surface area contributed by atoms with Gasteiger partial charge in [-0.05, 0) is 62.2 Å². The number of benzene rings is 3. The average molecular weight is 435 g/mol. The Kier molecular flexibility index (Phi) is 6.01. The van der Waals surface area contributed by atoms with Gasteiger partial charge in [0.15, 0.2) is 5.76 Å². The van der Waals surface area contributed by atoms with Crippen LogP contribution in [0.25, 0.3) is 22.3 Å². The molecule has 0 saturated carbocycles. The molecular formula is C26H23ClO4. The Bertz CT molecular complexity index is 1290. The summed E-state index contributed by atoms with van der Waals surface area (Å²) in [6, 6.07) is 18.8. The number of ether oxygens (including phenoxy) is 2. The van der Waals surface area contributed by atoms with Crippen LogP contribution in [0.4, 0.5) is 0 Å². The summed E-state index contributed by atoms with van der Waals surface area (Å²) in [6.07, 6.45) is 0. The van der Waals surface area contributed by atoms with E-state index >= 15 is 0 Å². The van der Waals surface area contributed by atoms with Gasteiger partial charge < -0.3 is 13.9 Å². The Morgan fingerprint density at radius 3 is 2.32 bits per heavy atom. The highest BCUT2D eigenvalue weighted by atomic mass is 35.5. The maximum absolute atomic E-state index is 13.4. The van der Waals surface area contributed by atoms with Gasteiger partial charge in [-0.2, -0.15) is 0 Å². The Balaban J connectivity index is 1.70. The van der Waals surface area contributed by atoms with Gasteiger partial charge in [-0.25, -0.2) is 0 Å². The average Bonchev–Trinajstić information content (AvgIpc) is 2.74. The lowest BCUT2D eigenvalue weighted by Gasteiger charge is -2.14. The molecule has 1 aromatic heterocycles. The van der Waals surface area contributed by atoms with Gasteiger partial charge >= 0.3 is 0 Å². The Hall–Kier alpha value is -3.24. The van der Waals surface area contributed by atoms with Crippen LogP contribution in [0, 0.1) is 20.8 Å². The van der Waals surface area contributed by atoms with Gasteiger partial charge in [0.05, 0.1) is 10.4 Å². The fourth-order valence-corrected chi connectivity index (χ4v) is 3.75. The quantitative estimate of drug-likeness (QED) is 0.325. The highest BCUT2D eigenvalue weighted by molar-refractivity contribution is 6.33. The first-order valence-electron chi connectivity index (χ1n) is 10.1. The van der Waals surface area contributed by atoms with E-state index in [9.17, 15) is 4.79 Å². The summed E-state index contributed by atoms with van der Waals surface area (Å²) in [4.78, 5) is 13.4. The van der Waals surface area contributed by atoms with Crippen LogP contribution in [-0.2, 0) is 0 Å². The molecule has 0 radical (unpaired) electrons. The van der Waals surface area contributed by atoms with E-state index in [4.69, 9.17) is 25.5 Å². The molecule has 31 heavy (non-hydrogen) atoms. The molecule has 0 amide bonds.